The van der Waals surface area contributed by atoms with Crippen LogP contribution in [-0.4, -0.2) is 11.1 Å². The zero-order valence-electron chi connectivity index (χ0n) is 7.25. The van der Waals surface area contributed by atoms with E-state index in [1.807, 2.05) is 0 Å². The molecule has 1 unspecified atom stereocenters. The highest BCUT2D eigenvalue weighted by molar-refractivity contribution is 5.74. The minimum atomic E-state index is -4.75. The van der Waals surface area contributed by atoms with Crippen LogP contribution < -0.4 is 0 Å². The summed E-state index contributed by atoms with van der Waals surface area (Å²) in [5.74, 6) is -1.94. The zero-order chi connectivity index (χ0) is 11.6. The van der Waals surface area contributed by atoms with Gasteiger partial charge < -0.3 is 5.11 Å². The summed E-state index contributed by atoms with van der Waals surface area (Å²) >= 11 is 0. The topological polar surface area (TPSA) is 37.3 Å². The van der Waals surface area contributed by atoms with Crippen LogP contribution in [0.5, 0.6) is 0 Å². The summed E-state index contributed by atoms with van der Waals surface area (Å²) in [6.45, 7) is 0. The second-order valence-corrected chi connectivity index (χ2v) is 2.79. The SMILES string of the molecule is O=C(O)C(F)c1ccccc1C(F)(F)F. The normalized spacial score (nSPS) is 13.6. The second-order valence-electron chi connectivity index (χ2n) is 2.79. The third-order valence-electron chi connectivity index (χ3n) is 1.76. The number of rotatable bonds is 2. The van der Waals surface area contributed by atoms with Crippen molar-refractivity contribution in [3.63, 3.8) is 0 Å². The largest absolute Gasteiger partial charge is 0.479 e. The maximum atomic E-state index is 12.9. The Balaban J connectivity index is 3.24. The van der Waals surface area contributed by atoms with Gasteiger partial charge in [-0.25, -0.2) is 9.18 Å². The molecule has 1 rings (SSSR count). The number of carboxylic acids is 1. The van der Waals surface area contributed by atoms with Crippen molar-refractivity contribution >= 4 is 5.97 Å². The molecule has 6 heteroatoms. The first-order chi connectivity index (χ1) is 6.84. The molecule has 1 aromatic carbocycles. The molecular weight excluding hydrogens is 216 g/mol. The lowest BCUT2D eigenvalue weighted by atomic mass is 10.0. The first-order valence-electron chi connectivity index (χ1n) is 3.87. The molecule has 0 radical (unpaired) electrons. The van der Waals surface area contributed by atoms with Crippen LogP contribution in [0.2, 0.25) is 0 Å². The van der Waals surface area contributed by atoms with Crippen LogP contribution in [0.25, 0.3) is 0 Å². The van der Waals surface area contributed by atoms with Gasteiger partial charge in [0.05, 0.1) is 5.56 Å². The van der Waals surface area contributed by atoms with Gasteiger partial charge in [-0.1, -0.05) is 18.2 Å². The summed E-state index contributed by atoms with van der Waals surface area (Å²) in [4.78, 5) is 10.2. The lowest BCUT2D eigenvalue weighted by Gasteiger charge is -2.13. The molecule has 0 saturated carbocycles. The van der Waals surface area contributed by atoms with Crippen LogP contribution in [0.1, 0.15) is 17.3 Å². The van der Waals surface area contributed by atoms with Crippen LogP contribution in [0.3, 0.4) is 0 Å². The Kier molecular flexibility index (Phi) is 2.97. The van der Waals surface area contributed by atoms with E-state index in [0.29, 0.717) is 6.07 Å². The van der Waals surface area contributed by atoms with Crippen molar-refractivity contribution in [3.8, 4) is 0 Å². The van der Waals surface area contributed by atoms with Gasteiger partial charge in [0.1, 0.15) is 0 Å². The van der Waals surface area contributed by atoms with Gasteiger partial charge in [-0.2, -0.15) is 13.2 Å². The third kappa shape index (κ3) is 2.45. The second kappa shape index (κ2) is 3.88. The molecule has 82 valence electrons. The molecule has 0 aliphatic rings. The number of aliphatic carboxylic acids is 1. The molecule has 0 fully saturated rings. The molecule has 0 saturated heterocycles. The van der Waals surface area contributed by atoms with Crippen molar-refractivity contribution in [2.75, 3.05) is 0 Å². The number of benzene rings is 1. The molecule has 0 amide bonds. The van der Waals surface area contributed by atoms with Crippen LogP contribution in [0, 0.1) is 0 Å². The van der Waals surface area contributed by atoms with Crippen molar-refractivity contribution in [1.82, 2.24) is 0 Å². The van der Waals surface area contributed by atoms with Crippen LogP contribution in [0.4, 0.5) is 17.6 Å². The van der Waals surface area contributed by atoms with E-state index in [2.05, 4.69) is 0 Å². The predicted molar refractivity (Wildman–Crippen MR) is 42.9 cm³/mol. The van der Waals surface area contributed by atoms with Crippen molar-refractivity contribution in [1.29, 1.82) is 0 Å². The minimum Gasteiger partial charge on any atom is -0.479 e. The van der Waals surface area contributed by atoms with E-state index in [1.165, 1.54) is 0 Å². The third-order valence-corrected chi connectivity index (χ3v) is 1.76. The van der Waals surface area contributed by atoms with Gasteiger partial charge in [-0.05, 0) is 6.07 Å². The molecule has 1 N–H and O–H groups in total. The monoisotopic (exact) mass is 222 g/mol. The number of hydrogen-bond donors (Lipinski definition) is 1. The molecule has 2 nitrogen and oxygen atoms in total. The fraction of sp³-hybridized carbons (Fsp3) is 0.222. The molecule has 15 heavy (non-hydrogen) atoms. The first kappa shape index (κ1) is 11.5. The van der Waals surface area contributed by atoms with Crippen molar-refractivity contribution in [2.24, 2.45) is 0 Å². The van der Waals surface area contributed by atoms with E-state index in [1.54, 1.807) is 0 Å². The fourth-order valence-corrected chi connectivity index (χ4v) is 1.11. The maximum Gasteiger partial charge on any atom is 0.416 e. The number of halogens is 4. The average Bonchev–Trinajstić information content (AvgIpc) is 2.15. The van der Waals surface area contributed by atoms with E-state index in [4.69, 9.17) is 5.11 Å². The Morgan fingerprint density at radius 1 is 1.27 bits per heavy atom. The molecule has 0 aromatic heterocycles. The van der Waals surface area contributed by atoms with Crippen LogP contribution in [-0.2, 0) is 11.0 Å². The van der Waals surface area contributed by atoms with E-state index < -0.39 is 29.4 Å². The number of carbonyl (C=O) groups is 1. The molecule has 0 aliphatic carbocycles. The van der Waals surface area contributed by atoms with Gasteiger partial charge in [-0.15, -0.1) is 0 Å². The number of carboxylic acid groups (broad SMARTS) is 1. The molecule has 1 aromatic rings. The summed E-state index contributed by atoms with van der Waals surface area (Å²) in [5, 5.41) is 8.28. The molecule has 0 spiro atoms. The Hall–Kier alpha value is -1.59. The standard InChI is InChI=1S/C9H6F4O2/c10-7(8(14)15)5-3-1-2-4-6(5)9(11,12)13/h1-4,7H,(H,14,15). The highest BCUT2D eigenvalue weighted by atomic mass is 19.4. The van der Waals surface area contributed by atoms with Gasteiger partial charge in [0.2, 0.25) is 6.17 Å². The van der Waals surface area contributed by atoms with Crippen molar-refractivity contribution in [2.45, 2.75) is 12.3 Å². The van der Waals surface area contributed by atoms with Gasteiger partial charge in [0, 0.05) is 5.56 Å². The van der Waals surface area contributed by atoms with Crippen molar-refractivity contribution < 1.29 is 27.5 Å². The number of alkyl halides is 4. The van der Waals surface area contributed by atoms with Crippen molar-refractivity contribution in [3.05, 3.63) is 35.4 Å². The van der Waals surface area contributed by atoms with Gasteiger partial charge >= 0.3 is 12.1 Å². The van der Waals surface area contributed by atoms with E-state index >= 15 is 0 Å². The summed E-state index contributed by atoms with van der Waals surface area (Å²) in [7, 11) is 0. The Labute approximate surface area is 82.1 Å². The lowest BCUT2D eigenvalue weighted by molar-refractivity contribution is -0.145. The molecule has 0 aliphatic heterocycles. The van der Waals surface area contributed by atoms with Gasteiger partial charge in [-0.3, -0.25) is 0 Å². The fourth-order valence-electron chi connectivity index (χ4n) is 1.11. The van der Waals surface area contributed by atoms with E-state index in [0.717, 1.165) is 18.2 Å². The molecule has 0 bridgehead atoms. The van der Waals surface area contributed by atoms with Crippen LogP contribution in [0.15, 0.2) is 24.3 Å². The molecule has 1 atom stereocenters. The highest BCUT2D eigenvalue weighted by Crippen LogP contribution is 2.35. The number of hydrogen-bond acceptors (Lipinski definition) is 1. The molecule has 0 heterocycles. The Bertz CT molecular complexity index is 373. The summed E-state index contributed by atoms with van der Waals surface area (Å²) in [6.07, 6.45) is -7.42. The van der Waals surface area contributed by atoms with E-state index in [9.17, 15) is 22.4 Å². The smallest absolute Gasteiger partial charge is 0.416 e. The summed E-state index contributed by atoms with van der Waals surface area (Å²) in [6, 6.07) is 3.67. The summed E-state index contributed by atoms with van der Waals surface area (Å²) in [5.41, 5.74) is -2.14. The highest BCUT2D eigenvalue weighted by Gasteiger charge is 2.36. The lowest BCUT2D eigenvalue weighted by Crippen LogP contribution is -2.14. The van der Waals surface area contributed by atoms with Gasteiger partial charge in [0.25, 0.3) is 0 Å². The Morgan fingerprint density at radius 2 is 1.80 bits per heavy atom. The van der Waals surface area contributed by atoms with Crippen LogP contribution >= 0.6 is 0 Å². The summed E-state index contributed by atoms with van der Waals surface area (Å²) < 4.78 is 49.9. The van der Waals surface area contributed by atoms with Gasteiger partial charge in [0.15, 0.2) is 0 Å². The predicted octanol–water partition coefficient (Wildman–Crippen LogP) is 2.80. The minimum absolute atomic E-state index is 0.644. The van der Waals surface area contributed by atoms with E-state index in [-0.39, 0.29) is 0 Å². The average molecular weight is 222 g/mol. The first-order valence-corrected chi connectivity index (χ1v) is 3.87. The maximum absolute atomic E-state index is 12.9. The quantitative estimate of drug-likeness (QED) is 0.781. The molecular formula is C9H6F4O2. The zero-order valence-corrected chi connectivity index (χ0v) is 7.25. The Morgan fingerprint density at radius 3 is 2.27 bits per heavy atom.